The Balaban J connectivity index is 2.00. The molecule has 0 spiro atoms. The van der Waals surface area contributed by atoms with Crippen molar-refractivity contribution >= 4 is 17.2 Å². The summed E-state index contributed by atoms with van der Waals surface area (Å²) in [4.78, 5) is 17.8. The third-order valence-corrected chi connectivity index (χ3v) is 4.74. The van der Waals surface area contributed by atoms with Crippen LogP contribution in [0.15, 0.2) is 0 Å². The summed E-state index contributed by atoms with van der Waals surface area (Å²) < 4.78 is 5.36. The number of carbonyl (C=O) groups is 1. The van der Waals surface area contributed by atoms with Crippen LogP contribution in [0.3, 0.4) is 0 Å². The molecule has 0 saturated carbocycles. The average Bonchev–Trinajstić information content (AvgIpc) is 2.95. The van der Waals surface area contributed by atoms with E-state index in [1.807, 2.05) is 27.8 Å². The molecule has 0 aliphatic carbocycles. The number of aromatic nitrogens is 1. The monoisotopic (exact) mass is 283 g/mol. The number of carbonyl (C=O) groups excluding carboxylic acids is 1. The lowest BCUT2D eigenvalue weighted by atomic mass is 10.0. The summed E-state index contributed by atoms with van der Waals surface area (Å²) in [6.07, 6.45) is 0. The molecule has 6 heteroatoms. The molecule has 1 aliphatic rings. The Morgan fingerprint density at radius 2 is 2.21 bits per heavy atom. The number of amides is 1. The molecule has 1 aromatic heterocycles. The molecule has 1 fully saturated rings. The molecule has 2 rings (SSSR count). The van der Waals surface area contributed by atoms with E-state index < -0.39 is 0 Å². The predicted molar refractivity (Wildman–Crippen MR) is 75.3 cm³/mol. The maximum Gasteiger partial charge on any atom is 0.227 e. The Morgan fingerprint density at radius 1 is 1.47 bits per heavy atom. The second-order valence-corrected chi connectivity index (χ2v) is 6.19. The Kier molecular flexibility index (Phi) is 4.54. The number of nitrogens with zero attached hydrogens (tertiary/aromatic N) is 1. The molecule has 3 unspecified atom stereocenters. The first-order valence-corrected chi connectivity index (χ1v) is 7.34. The Bertz CT molecular complexity index is 461. The van der Waals surface area contributed by atoms with Crippen molar-refractivity contribution in [3.05, 3.63) is 15.6 Å². The van der Waals surface area contributed by atoms with Gasteiger partial charge in [-0.1, -0.05) is 0 Å². The number of nitrogens with one attached hydrogen (secondary N) is 2. The minimum atomic E-state index is -0.109. The van der Waals surface area contributed by atoms with Crippen LogP contribution < -0.4 is 10.6 Å². The number of hydrogen-bond donors (Lipinski definition) is 2. The molecule has 0 bridgehead atoms. The number of ether oxygens (including phenoxy) is 1. The molecule has 0 aromatic carbocycles. The molecule has 2 N–H and O–H groups in total. The lowest BCUT2D eigenvalue weighted by Crippen LogP contribution is -2.43. The number of rotatable bonds is 4. The van der Waals surface area contributed by atoms with Crippen molar-refractivity contribution in [1.29, 1.82) is 0 Å². The molecule has 2 heterocycles. The number of aryl methyl sites for hydroxylation is 2. The first-order chi connectivity index (χ1) is 9.02. The third-order valence-electron chi connectivity index (χ3n) is 3.48. The van der Waals surface area contributed by atoms with Crippen molar-refractivity contribution in [3.8, 4) is 0 Å². The highest BCUT2D eigenvalue weighted by molar-refractivity contribution is 7.11. The maximum atomic E-state index is 12.3. The van der Waals surface area contributed by atoms with Gasteiger partial charge >= 0.3 is 0 Å². The van der Waals surface area contributed by atoms with Gasteiger partial charge in [-0.3, -0.25) is 4.79 Å². The molecule has 1 aromatic rings. The van der Waals surface area contributed by atoms with Gasteiger partial charge in [0.05, 0.1) is 35.9 Å². The quantitative estimate of drug-likeness (QED) is 0.871. The van der Waals surface area contributed by atoms with E-state index >= 15 is 0 Å². The van der Waals surface area contributed by atoms with Crippen LogP contribution in [0.4, 0.5) is 0 Å². The van der Waals surface area contributed by atoms with Gasteiger partial charge in [-0.15, -0.1) is 11.3 Å². The van der Waals surface area contributed by atoms with Gasteiger partial charge in [-0.25, -0.2) is 4.98 Å². The lowest BCUT2D eigenvalue weighted by molar-refractivity contribution is -0.126. The van der Waals surface area contributed by atoms with Crippen molar-refractivity contribution in [2.24, 2.45) is 5.92 Å². The maximum absolute atomic E-state index is 12.3. The fourth-order valence-corrected chi connectivity index (χ4v) is 3.36. The summed E-state index contributed by atoms with van der Waals surface area (Å²) in [5.74, 6) is -0.0587. The third kappa shape index (κ3) is 3.13. The number of hydrogen-bond acceptors (Lipinski definition) is 5. The van der Waals surface area contributed by atoms with E-state index in [2.05, 4.69) is 15.6 Å². The summed E-state index contributed by atoms with van der Waals surface area (Å²) in [5, 5.41) is 7.23. The van der Waals surface area contributed by atoms with E-state index in [0.717, 1.165) is 15.6 Å². The van der Waals surface area contributed by atoms with Crippen LogP contribution in [0.2, 0.25) is 0 Å². The smallest absolute Gasteiger partial charge is 0.227 e. The first-order valence-electron chi connectivity index (χ1n) is 6.52. The van der Waals surface area contributed by atoms with Crippen LogP contribution in [-0.2, 0) is 9.53 Å². The van der Waals surface area contributed by atoms with Crippen LogP contribution in [-0.4, -0.2) is 37.2 Å². The van der Waals surface area contributed by atoms with E-state index in [1.54, 1.807) is 11.3 Å². The van der Waals surface area contributed by atoms with Gasteiger partial charge in [0.2, 0.25) is 5.91 Å². The highest BCUT2D eigenvalue weighted by Gasteiger charge is 2.33. The van der Waals surface area contributed by atoms with Gasteiger partial charge in [0.25, 0.3) is 0 Å². The second-order valence-electron chi connectivity index (χ2n) is 4.95. The van der Waals surface area contributed by atoms with Crippen molar-refractivity contribution in [2.75, 3.05) is 20.3 Å². The van der Waals surface area contributed by atoms with Crippen molar-refractivity contribution in [3.63, 3.8) is 0 Å². The fraction of sp³-hybridized carbons (Fsp3) is 0.692. The summed E-state index contributed by atoms with van der Waals surface area (Å²) in [7, 11) is 1.86. The summed E-state index contributed by atoms with van der Waals surface area (Å²) in [5.41, 5.74) is 1.00. The molecule has 5 nitrogen and oxygen atoms in total. The lowest BCUT2D eigenvalue weighted by Gasteiger charge is -2.19. The van der Waals surface area contributed by atoms with Gasteiger partial charge in [0, 0.05) is 10.9 Å². The second kappa shape index (κ2) is 5.98. The van der Waals surface area contributed by atoms with Crippen LogP contribution in [0.1, 0.15) is 28.5 Å². The fourth-order valence-electron chi connectivity index (χ4n) is 2.43. The van der Waals surface area contributed by atoms with E-state index in [9.17, 15) is 4.79 Å². The standard InChI is InChI=1S/C13H21N3O2S/c1-7-12(19-9(3)15-7)8(2)16-13(17)10-5-18-6-11(10)14-4/h8,10-11,14H,5-6H2,1-4H3,(H,16,17). The number of thiazole rings is 1. The summed E-state index contributed by atoms with van der Waals surface area (Å²) >= 11 is 1.64. The zero-order valence-corrected chi connectivity index (χ0v) is 12.6. The predicted octanol–water partition coefficient (Wildman–Crippen LogP) is 1.17. The SMILES string of the molecule is CNC1COCC1C(=O)NC(C)c1sc(C)nc1C. The highest BCUT2D eigenvalue weighted by atomic mass is 32.1. The van der Waals surface area contributed by atoms with Gasteiger partial charge in [-0.05, 0) is 27.8 Å². The Morgan fingerprint density at radius 3 is 2.79 bits per heavy atom. The minimum Gasteiger partial charge on any atom is -0.379 e. The normalized spacial score (nSPS) is 24.4. The van der Waals surface area contributed by atoms with Crippen LogP contribution in [0, 0.1) is 19.8 Å². The minimum absolute atomic E-state index is 0.00296. The zero-order chi connectivity index (χ0) is 14.0. The van der Waals surface area contributed by atoms with E-state index in [1.165, 1.54) is 0 Å². The molecule has 19 heavy (non-hydrogen) atoms. The molecule has 1 amide bonds. The largest absolute Gasteiger partial charge is 0.379 e. The van der Waals surface area contributed by atoms with E-state index in [-0.39, 0.29) is 23.9 Å². The zero-order valence-electron chi connectivity index (χ0n) is 11.8. The average molecular weight is 283 g/mol. The summed E-state index contributed by atoms with van der Waals surface area (Å²) in [6.45, 7) is 7.06. The van der Waals surface area contributed by atoms with Crippen molar-refractivity contribution < 1.29 is 9.53 Å². The van der Waals surface area contributed by atoms with Crippen LogP contribution in [0.25, 0.3) is 0 Å². The number of likely N-dealkylation sites (N-methyl/N-ethyl adjacent to an activating group) is 1. The molecule has 1 saturated heterocycles. The van der Waals surface area contributed by atoms with Crippen molar-refractivity contribution in [2.45, 2.75) is 32.9 Å². The van der Waals surface area contributed by atoms with E-state index in [4.69, 9.17) is 4.74 Å². The van der Waals surface area contributed by atoms with Crippen LogP contribution >= 0.6 is 11.3 Å². The van der Waals surface area contributed by atoms with Crippen LogP contribution in [0.5, 0.6) is 0 Å². The Hall–Kier alpha value is -0.980. The van der Waals surface area contributed by atoms with Gasteiger partial charge < -0.3 is 15.4 Å². The molecular weight excluding hydrogens is 262 g/mol. The van der Waals surface area contributed by atoms with E-state index in [0.29, 0.717) is 13.2 Å². The molecule has 106 valence electrons. The molecule has 3 atom stereocenters. The molecule has 1 aliphatic heterocycles. The topological polar surface area (TPSA) is 63.2 Å². The first kappa shape index (κ1) is 14.4. The molecule has 0 radical (unpaired) electrons. The summed E-state index contributed by atoms with van der Waals surface area (Å²) in [6, 6.07) is 0.105. The van der Waals surface area contributed by atoms with Crippen molar-refractivity contribution in [1.82, 2.24) is 15.6 Å². The molecular formula is C13H21N3O2S. The van der Waals surface area contributed by atoms with Gasteiger partial charge in [0.15, 0.2) is 0 Å². The highest BCUT2D eigenvalue weighted by Crippen LogP contribution is 2.25. The van der Waals surface area contributed by atoms with Gasteiger partial charge in [0.1, 0.15) is 0 Å². The van der Waals surface area contributed by atoms with Gasteiger partial charge in [-0.2, -0.15) is 0 Å². The Labute approximate surface area is 117 Å².